The Labute approximate surface area is 126 Å². The predicted molar refractivity (Wildman–Crippen MR) is 89.7 cm³/mol. The van der Waals surface area contributed by atoms with Crippen LogP contribution in [0.25, 0.3) is 21.8 Å². The molecule has 0 spiro atoms. The standard InChI is InChI=1S/C19H22N2/c1-3-5-7-17-13-11-15-9-8-14-10-12-16(6-4-2)20-18(14)19(15)21-17/h8-13H,3-7H2,1-2H3. The van der Waals surface area contributed by atoms with Crippen molar-refractivity contribution in [1.82, 2.24) is 9.97 Å². The van der Waals surface area contributed by atoms with Crippen LogP contribution in [0.2, 0.25) is 0 Å². The zero-order valence-electron chi connectivity index (χ0n) is 12.9. The third-order valence-electron chi connectivity index (χ3n) is 3.93. The molecule has 0 aliphatic carbocycles. The van der Waals surface area contributed by atoms with E-state index in [0.717, 1.165) is 30.3 Å². The molecule has 0 saturated heterocycles. The van der Waals surface area contributed by atoms with Crippen molar-refractivity contribution in [1.29, 1.82) is 0 Å². The highest BCUT2D eigenvalue weighted by molar-refractivity contribution is 6.02. The molecule has 0 amide bonds. The summed E-state index contributed by atoms with van der Waals surface area (Å²) >= 11 is 0. The maximum atomic E-state index is 4.88. The van der Waals surface area contributed by atoms with E-state index in [0.29, 0.717) is 0 Å². The lowest BCUT2D eigenvalue weighted by atomic mass is 10.1. The van der Waals surface area contributed by atoms with Crippen LogP contribution in [0.3, 0.4) is 0 Å². The highest BCUT2D eigenvalue weighted by atomic mass is 14.8. The van der Waals surface area contributed by atoms with Crippen LogP contribution in [0.1, 0.15) is 44.5 Å². The second-order valence-corrected chi connectivity index (χ2v) is 5.67. The van der Waals surface area contributed by atoms with Crippen LogP contribution in [0.5, 0.6) is 0 Å². The van der Waals surface area contributed by atoms with Gasteiger partial charge in [0.25, 0.3) is 0 Å². The Morgan fingerprint density at radius 3 is 1.71 bits per heavy atom. The summed E-state index contributed by atoms with van der Waals surface area (Å²) in [6, 6.07) is 12.9. The number of unbranched alkanes of at least 4 members (excludes halogenated alkanes) is 1. The Morgan fingerprint density at radius 2 is 1.19 bits per heavy atom. The third kappa shape index (κ3) is 2.90. The van der Waals surface area contributed by atoms with Crippen molar-refractivity contribution in [2.75, 3.05) is 0 Å². The van der Waals surface area contributed by atoms with E-state index in [1.807, 2.05) is 0 Å². The summed E-state index contributed by atoms with van der Waals surface area (Å²) in [4.78, 5) is 9.73. The Bertz CT molecular complexity index is 762. The number of hydrogen-bond donors (Lipinski definition) is 0. The maximum Gasteiger partial charge on any atom is 0.0967 e. The van der Waals surface area contributed by atoms with E-state index < -0.39 is 0 Å². The van der Waals surface area contributed by atoms with Gasteiger partial charge in [0.05, 0.1) is 11.0 Å². The molecule has 0 fully saturated rings. The molecule has 21 heavy (non-hydrogen) atoms. The fourth-order valence-corrected chi connectivity index (χ4v) is 2.74. The quantitative estimate of drug-likeness (QED) is 0.608. The van der Waals surface area contributed by atoms with Gasteiger partial charge < -0.3 is 0 Å². The molecule has 2 nitrogen and oxygen atoms in total. The molecule has 3 rings (SSSR count). The minimum absolute atomic E-state index is 1.03. The van der Waals surface area contributed by atoms with Crippen LogP contribution >= 0.6 is 0 Å². The number of rotatable bonds is 5. The molecule has 2 heterocycles. The molecule has 2 aromatic heterocycles. The van der Waals surface area contributed by atoms with Crippen molar-refractivity contribution in [3.8, 4) is 0 Å². The van der Waals surface area contributed by atoms with Gasteiger partial charge in [-0.3, -0.25) is 9.97 Å². The zero-order chi connectivity index (χ0) is 14.7. The Kier molecular flexibility index (Phi) is 4.14. The second kappa shape index (κ2) is 6.21. The van der Waals surface area contributed by atoms with Crippen molar-refractivity contribution in [2.45, 2.75) is 46.0 Å². The van der Waals surface area contributed by atoms with Gasteiger partial charge in [-0.25, -0.2) is 0 Å². The third-order valence-corrected chi connectivity index (χ3v) is 3.93. The molecule has 0 bridgehead atoms. The molecule has 0 unspecified atom stereocenters. The molecular weight excluding hydrogens is 256 g/mol. The van der Waals surface area contributed by atoms with E-state index in [1.54, 1.807) is 0 Å². The van der Waals surface area contributed by atoms with Gasteiger partial charge in [0.1, 0.15) is 0 Å². The first kappa shape index (κ1) is 14.0. The average Bonchev–Trinajstić information content (AvgIpc) is 2.53. The van der Waals surface area contributed by atoms with E-state index >= 15 is 0 Å². The number of aromatic nitrogens is 2. The number of pyridine rings is 2. The molecule has 0 N–H and O–H groups in total. The Morgan fingerprint density at radius 1 is 0.667 bits per heavy atom. The fraction of sp³-hybridized carbons (Fsp3) is 0.368. The topological polar surface area (TPSA) is 25.8 Å². The maximum absolute atomic E-state index is 4.88. The van der Waals surface area contributed by atoms with Crippen molar-refractivity contribution in [2.24, 2.45) is 0 Å². The summed E-state index contributed by atoms with van der Waals surface area (Å²) in [5.74, 6) is 0. The van der Waals surface area contributed by atoms with E-state index in [1.165, 1.54) is 35.0 Å². The second-order valence-electron chi connectivity index (χ2n) is 5.67. The monoisotopic (exact) mass is 278 g/mol. The highest BCUT2D eigenvalue weighted by Crippen LogP contribution is 2.23. The molecule has 0 aliphatic rings. The summed E-state index contributed by atoms with van der Waals surface area (Å²) in [6.45, 7) is 4.41. The molecule has 0 radical (unpaired) electrons. The molecule has 1 aromatic carbocycles. The van der Waals surface area contributed by atoms with Crippen molar-refractivity contribution in [3.05, 3.63) is 47.8 Å². The van der Waals surface area contributed by atoms with E-state index in [4.69, 9.17) is 9.97 Å². The van der Waals surface area contributed by atoms with Crippen LogP contribution in [0, 0.1) is 0 Å². The number of nitrogens with zero attached hydrogens (tertiary/aromatic N) is 2. The van der Waals surface area contributed by atoms with E-state index in [-0.39, 0.29) is 0 Å². The largest absolute Gasteiger partial charge is 0.251 e. The van der Waals surface area contributed by atoms with Gasteiger partial charge in [-0.2, -0.15) is 0 Å². The van der Waals surface area contributed by atoms with Crippen LogP contribution in [0.4, 0.5) is 0 Å². The zero-order valence-corrected chi connectivity index (χ0v) is 12.9. The lowest BCUT2D eigenvalue weighted by Crippen LogP contribution is -1.94. The van der Waals surface area contributed by atoms with Crippen molar-refractivity contribution >= 4 is 21.8 Å². The van der Waals surface area contributed by atoms with Gasteiger partial charge in [-0.05, 0) is 31.4 Å². The number of fused-ring (bicyclic) bond motifs is 3. The molecule has 0 atom stereocenters. The van der Waals surface area contributed by atoms with Gasteiger partial charge in [0.2, 0.25) is 0 Å². The highest BCUT2D eigenvalue weighted by Gasteiger charge is 2.06. The summed E-state index contributed by atoms with van der Waals surface area (Å²) in [6.07, 6.45) is 5.60. The number of benzene rings is 1. The van der Waals surface area contributed by atoms with Crippen LogP contribution < -0.4 is 0 Å². The van der Waals surface area contributed by atoms with Crippen LogP contribution in [-0.4, -0.2) is 9.97 Å². The van der Waals surface area contributed by atoms with Gasteiger partial charge in [0.15, 0.2) is 0 Å². The fourth-order valence-electron chi connectivity index (χ4n) is 2.74. The first-order valence-corrected chi connectivity index (χ1v) is 8.00. The minimum Gasteiger partial charge on any atom is -0.251 e. The predicted octanol–water partition coefficient (Wildman–Crippen LogP) is 5.08. The molecule has 108 valence electrons. The first-order valence-electron chi connectivity index (χ1n) is 8.00. The summed E-state index contributed by atoms with van der Waals surface area (Å²) in [5.41, 5.74) is 4.45. The molecule has 0 saturated carbocycles. The average molecular weight is 278 g/mol. The van der Waals surface area contributed by atoms with E-state index in [9.17, 15) is 0 Å². The lowest BCUT2D eigenvalue weighted by molar-refractivity contribution is 0.780. The summed E-state index contributed by atoms with van der Waals surface area (Å²) < 4.78 is 0. The summed E-state index contributed by atoms with van der Waals surface area (Å²) in [7, 11) is 0. The smallest absolute Gasteiger partial charge is 0.0967 e. The first-order chi connectivity index (χ1) is 10.3. The Hall–Kier alpha value is -1.96. The SMILES string of the molecule is CCCCc1ccc2ccc3ccc(CCC)nc3c2n1. The lowest BCUT2D eigenvalue weighted by Gasteiger charge is -2.07. The van der Waals surface area contributed by atoms with Crippen molar-refractivity contribution in [3.63, 3.8) is 0 Å². The van der Waals surface area contributed by atoms with Crippen molar-refractivity contribution < 1.29 is 0 Å². The molecule has 3 aromatic rings. The summed E-state index contributed by atoms with van der Waals surface area (Å²) in [5, 5.41) is 2.37. The van der Waals surface area contributed by atoms with E-state index in [2.05, 4.69) is 50.2 Å². The Balaban J connectivity index is 2.15. The van der Waals surface area contributed by atoms with Gasteiger partial charge in [-0.1, -0.05) is 51.0 Å². The van der Waals surface area contributed by atoms with Gasteiger partial charge in [-0.15, -0.1) is 0 Å². The van der Waals surface area contributed by atoms with Gasteiger partial charge in [0, 0.05) is 22.2 Å². The molecule has 2 heteroatoms. The molecular formula is C19H22N2. The van der Waals surface area contributed by atoms with Gasteiger partial charge >= 0.3 is 0 Å². The number of aryl methyl sites for hydroxylation is 2. The normalized spacial score (nSPS) is 11.3. The molecule has 0 aliphatic heterocycles. The minimum atomic E-state index is 1.03. The number of hydrogen-bond acceptors (Lipinski definition) is 2. The van der Waals surface area contributed by atoms with Crippen LogP contribution in [0.15, 0.2) is 36.4 Å². The van der Waals surface area contributed by atoms with Crippen LogP contribution in [-0.2, 0) is 12.8 Å².